The zero-order valence-electron chi connectivity index (χ0n) is 11.7. The van der Waals surface area contributed by atoms with Crippen molar-refractivity contribution in [3.05, 3.63) is 40.8 Å². The van der Waals surface area contributed by atoms with Crippen LogP contribution >= 0.6 is 12.4 Å². The molecule has 1 aromatic heterocycles. The second-order valence-electron chi connectivity index (χ2n) is 5.10. The van der Waals surface area contributed by atoms with Gasteiger partial charge in [0, 0.05) is 24.0 Å². The largest absolute Gasteiger partial charge is 0.423 e. The normalized spacial score (nSPS) is 18.3. The molecule has 0 saturated carbocycles. The fraction of sp³-hybridized carbons (Fsp3) is 0.357. The van der Waals surface area contributed by atoms with Gasteiger partial charge in [0.25, 0.3) is 0 Å². The Morgan fingerprint density at radius 2 is 2.09 bits per heavy atom. The second-order valence-corrected chi connectivity index (χ2v) is 6.87. The molecule has 0 aliphatic carbocycles. The van der Waals surface area contributed by atoms with E-state index >= 15 is 0 Å². The van der Waals surface area contributed by atoms with Crippen molar-refractivity contribution in [3.8, 4) is 0 Å². The summed E-state index contributed by atoms with van der Waals surface area (Å²) >= 11 is 0. The van der Waals surface area contributed by atoms with Crippen molar-refractivity contribution in [1.82, 2.24) is 10.0 Å². The minimum atomic E-state index is -3.56. The molecule has 2 heterocycles. The van der Waals surface area contributed by atoms with Gasteiger partial charge in [0.05, 0.1) is 4.90 Å². The van der Waals surface area contributed by atoms with E-state index in [9.17, 15) is 13.2 Å². The molecule has 0 amide bonds. The number of halogens is 1. The van der Waals surface area contributed by atoms with Crippen LogP contribution in [0.5, 0.6) is 0 Å². The number of rotatable bonds is 4. The van der Waals surface area contributed by atoms with Gasteiger partial charge in [-0.25, -0.2) is 17.9 Å². The summed E-state index contributed by atoms with van der Waals surface area (Å²) in [4.78, 5) is 11.3. The highest BCUT2D eigenvalue weighted by molar-refractivity contribution is 7.89. The Morgan fingerprint density at radius 1 is 1.27 bits per heavy atom. The molecule has 1 aliphatic heterocycles. The maximum atomic E-state index is 12.3. The van der Waals surface area contributed by atoms with E-state index < -0.39 is 15.6 Å². The molecule has 1 unspecified atom stereocenters. The summed E-state index contributed by atoms with van der Waals surface area (Å²) in [6.45, 7) is 1.31. The van der Waals surface area contributed by atoms with Gasteiger partial charge in [0.2, 0.25) is 10.0 Å². The minimum absolute atomic E-state index is 0. The smallest absolute Gasteiger partial charge is 0.336 e. The van der Waals surface area contributed by atoms with E-state index in [4.69, 9.17) is 4.42 Å². The van der Waals surface area contributed by atoms with E-state index in [1.54, 1.807) is 6.07 Å². The lowest BCUT2D eigenvalue weighted by Gasteiger charge is -2.12. The van der Waals surface area contributed by atoms with Gasteiger partial charge < -0.3 is 9.73 Å². The topological polar surface area (TPSA) is 88.4 Å². The van der Waals surface area contributed by atoms with Crippen LogP contribution in [0.1, 0.15) is 12.8 Å². The molecular formula is C14H17ClN2O4S. The molecule has 2 N–H and O–H groups in total. The first-order valence-corrected chi connectivity index (χ1v) is 8.30. The molecule has 0 spiro atoms. The molecule has 2 aromatic rings. The van der Waals surface area contributed by atoms with Gasteiger partial charge in [-0.15, -0.1) is 12.4 Å². The predicted octanol–water partition coefficient (Wildman–Crippen LogP) is 1.25. The van der Waals surface area contributed by atoms with Gasteiger partial charge in [0.1, 0.15) is 5.58 Å². The van der Waals surface area contributed by atoms with Crippen molar-refractivity contribution in [1.29, 1.82) is 0 Å². The monoisotopic (exact) mass is 344 g/mol. The van der Waals surface area contributed by atoms with Crippen LogP contribution in [-0.2, 0) is 10.0 Å². The van der Waals surface area contributed by atoms with Crippen molar-refractivity contribution in [3.63, 3.8) is 0 Å². The van der Waals surface area contributed by atoms with Crippen LogP contribution in [0.15, 0.2) is 44.4 Å². The Bertz CT molecular complexity index is 813. The lowest BCUT2D eigenvalue weighted by molar-refractivity contribution is 0.551. The van der Waals surface area contributed by atoms with Crippen molar-refractivity contribution in [2.24, 2.45) is 0 Å². The fourth-order valence-electron chi connectivity index (χ4n) is 2.44. The number of sulfonamides is 1. The van der Waals surface area contributed by atoms with E-state index in [-0.39, 0.29) is 23.3 Å². The molecule has 3 rings (SSSR count). The maximum absolute atomic E-state index is 12.3. The number of nitrogens with one attached hydrogen (secondary N) is 2. The van der Waals surface area contributed by atoms with E-state index in [2.05, 4.69) is 10.0 Å². The van der Waals surface area contributed by atoms with Crippen molar-refractivity contribution in [2.45, 2.75) is 23.8 Å². The SMILES string of the molecule is Cl.O=c1ccc2cc(S(=O)(=O)NCC3CCCN3)ccc2o1. The molecule has 6 nitrogen and oxygen atoms in total. The Labute approximate surface area is 134 Å². The summed E-state index contributed by atoms with van der Waals surface area (Å²) in [6.07, 6.45) is 2.05. The highest BCUT2D eigenvalue weighted by Gasteiger charge is 2.19. The van der Waals surface area contributed by atoms with E-state index in [1.165, 1.54) is 24.3 Å². The number of hydrogen-bond donors (Lipinski definition) is 2. The lowest BCUT2D eigenvalue weighted by Crippen LogP contribution is -2.37. The van der Waals surface area contributed by atoms with Crippen molar-refractivity contribution in [2.75, 3.05) is 13.1 Å². The molecule has 8 heteroatoms. The first-order chi connectivity index (χ1) is 10.0. The summed E-state index contributed by atoms with van der Waals surface area (Å²) < 4.78 is 32.1. The Kier molecular flexibility index (Phi) is 5.23. The maximum Gasteiger partial charge on any atom is 0.336 e. The van der Waals surface area contributed by atoms with E-state index in [1.807, 2.05) is 0 Å². The first kappa shape index (κ1) is 17.0. The van der Waals surface area contributed by atoms with Crippen LogP contribution in [0.25, 0.3) is 11.0 Å². The van der Waals surface area contributed by atoms with Crippen LogP contribution in [-0.4, -0.2) is 27.5 Å². The van der Waals surface area contributed by atoms with Crippen molar-refractivity contribution < 1.29 is 12.8 Å². The van der Waals surface area contributed by atoms with Gasteiger partial charge in [0.15, 0.2) is 0 Å². The third-order valence-electron chi connectivity index (χ3n) is 3.58. The summed E-state index contributed by atoms with van der Waals surface area (Å²) in [5, 5.41) is 3.82. The molecule has 0 bridgehead atoms. The standard InChI is InChI=1S/C14H16N2O4S.ClH/c17-14-6-3-10-8-12(4-5-13(10)20-14)21(18,19)16-9-11-2-1-7-15-11;/h3-6,8,11,15-16H,1-2,7,9H2;1H. The van der Waals surface area contributed by atoms with Gasteiger partial charge in [-0.2, -0.15) is 0 Å². The van der Waals surface area contributed by atoms with Gasteiger partial charge in [-0.1, -0.05) is 0 Å². The Morgan fingerprint density at radius 3 is 2.82 bits per heavy atom. The second kappa shape index (κ2) is 6.78. The molecular weight excluding hydrogens is 328 g/mol. The Balaban J connectivity index is 0.00000176. The predicted molar refractivity (Wildman–Crippen MR) is 85.9 cm³/mol. The van der Waals surface area contributed by atoms with E-state index in [0.717, 1.165) is 19.4 Å². The molecule has 1 aliphatic rings. The zero-order valence-corrected chi connectivity index (χ0v) is 13.4. The quantitative estimate of drug-likeness (QED) is 0.815. The fourth-order valence-corrected chi connectivity index (χ4v) is 3.56. The summed E-state index contributed by atoms with van der Waals surface area (Å²) in [5.74, 6) is 0. The average molecular weight is 345 g/mol. The van der Waals surface area contributed by atoms with Gasteiger partial charge >= 0.3 is 5.63 Å². The minimum Gasteiger partial charge on any atom is -0.423 e. The highest BCUT2D eigenvalue weighted by atomic mass is 35.5. The molecule has 0 radical (unpaired) electrons. The molecule has 1 saturated heterocycles. The number of benzene rings is 1. The average Bonchev–Trinajstić information content (AvgIpc) is 2.98. The third-order valence-corrected chi connectivity index (χ3v) is 5.00. The molecule has 1 atom stereocenters. The van der Waals surface area contributed by atoms with Crippen LogP contribution < -0.4 is 15.7 Å². The van der Waals surface area contributed by atoms with Crippen LogP contribution in [0.4, 0.5) is 0 Å². The number of hydrogen-bond acceptors (Lipinski definition) is 5. The Hall–Kier alpha value is -1.41. The zero-order chi connectivity index (χ0) is 14.9. The van der Waals surface area contributed by atoms with Crippen LogP contribution in [0.2, 0.25) is 0 Å². The summed E-state index contributed by atoms with van der Waals surface area (Å²) in [7, 11) is -3.56. The molecule has 120 valence electrons. The molecule has 1 fully saturated rings. The lowest BCUT2D eigenvalue weighted by atomic mass is 10.2. The first-order valence-electron chi connectivity index (χ1n) is 6.81. The van der Waals surface area contributed by atoms with Crippen LogP contribution in [0, 0.1) is 0 Å². The summed E-state index contributed by atoms with van der Waals surface area (Å²) in [5.41, 5.74) is -0.0811. The molecule has 1 aromatic carbocycles. The van der Waals surface area contributed by atoms with Gasteiger partial charge in [-0.3, -0.25) is 0 Å². The third kappa shape index (κ3) is 3.67. The van der Waals surface area contributed by atoms with Crippen LogP contribution in [0.3, 0.4) is 0 Å². The van der Waals surface area contributed by atoms with E-state index in [0.29, 0.717) is 17.5 Å². The van der Waals surface area contributed by atoms with Gasteiger partial charge in [-0.05, 0) is 43.7 Å². The number of fused-ring (bicyclic) bond motifs is 1. The molecule has 22 heavy (non-hydrogen) atoms. The highest BCUT2D eigenvalue weighted by Crippen LogP contribution is 2.17. The summed E-state index contributed by atoms with van der Waals surface area (Å²) in [6, 6.07) is 7.46. The van der Waals surface area contributed by atoms with Crippen molar-refractivity contribution >= 4 is 33.4 Å².